The monoisotopic (exact) mass is 233 g/mol. The highest BCUT2D eigenvalue weighted by molar-refractivity contribution is 5.70. The highest BCUT2D eigenvalue weighted by Crippen LogP contribution is 2.21. The molecule has 0 aliphatic carbocycles. The third-order valence-electron chi connectivity index (χ3n) is 3.28. The number of nitrogens with one attached hydrogen (secondary N) is 1. The Balaban J connectivity index is 1.73. The molecule has 2 saturated heterocycles. The van der Waals surface area contributed by atoms with Gasteiger partial charge in [-0.1, -0.05) is 6.07 Å². The van der Waals surface area contributed by atoms with Crippen molar-refractivity contribution in [2.45, 2.75) is 18.9 Å². The molecule has 1 amide bonds. The summed E-state index contributed by atoms with van der Waals surface area (Å²) in [5.41, 5.74) is 0.999. The Morgan fingerprint density at radius 2 is 2.18 bits per heavy atom. The van der Waals surface area contributed by atoms with Crippen molar-refractivity contribution >= 4 is 11.9 Å². The first-order chi connectivity index (χ1) is 8.33. The number of ether oxygens (including phenoxy) is 1. The molecular weight excluding hydrogens is 218 g/mol. The first-order valence-corrected chi connectivity index (χ1v) is 5.97. The Morgan fingerprint density at radius 3 is 2.76 bits per heavy atom. The number of aromatic nitrogens is 1. The van der Waals surface area contributed by atoms with Gasteiger partial charge in [0.25, 0.3) is 0 Å². The summed E-state index contributed by atoms with van der Waals surface area (Å²) in [6.07, 6.45) is 3.97. The molecule has 0 bridgehead atoms. The second-order valence-electron chi connectivity index (χ2n) is 4.44. The van der Waals surface area contributed by atoms with Crippen molar-refractivity contribution in [1.29, 1.82) is 0 Å². The molecule has 5 heteroatoms. The molecule has 5 nitrogen and oxygen atoms in total. The van der Waals surface area contributed by atoms with Crippen molar-refractivity contribution in [3.63, 3.8) is 0 Å². The van der Waals surface area contributed by atoms with Crippen LogP contribution in [0.5, 0.6) is 0 Å². The van der Waals surface area contributed by atoms with Crippen LogP contribution in [-0.2, 0) is 4.74 Å². The van der Waals surface area contributed by atoms with Crippen molar-refractivity contribution in [1.82, 2.24) is 10.3 Å². The van der Waals surface area contributed by atoms with E-state index in [1.54, 1.807) is 0 Å². The van der Waals surface area contributed by atoms with Crippen LogP contribution in [0.15, 0.2) is 18.3 Å². The van der Waals surface area contributed by atoms with Gasteiger partial charge >= 0.3 is 6.09 Å². The predicted octanol–water partition coefficient (Wildman–Crippen LogP) is 1.46. The SMILES string of the molecule is O=C1NC(c2ccc(N3CCCC3)nc2)CO1. The number of rotatable bonds is 2. The quantitative estimate of drug-likeness (QED) is 0.840. The van der Waals surface area contributed by atoms with Crippen LogP contribution in [0.2, 0.25) is 0 Å². The van der Waals surface area contributed by atoms with E-state index in [1.807, 2.05) is 18.3 Å². The minimum Gasteiger partial charge on any atom is -0.447 e. The third kappa shape index (κ3) is 2.05. The molecule has 1 aromatic heterocycles. The van der Waals surface area contributed by atoms with Gasteiger partial charge in [-0.25, -0.2) is 9.78 Å². The number of nitrogens with zero attached hydrogens (tertiary/aromatic N) is 2. The van der Waals surface area contributed by atoms with Crippen LogP contribution < -0.4 is 10.2 Å². The molecule has 2 aliphatic heterocycles. The van der Waals surface area contributed by atoms with Gasteiger partial charge in [-0.15, -0.1) is 0 Å². The number of carbonyl (C=O) groups is 1. The summed E-state index contributed by atoms with van der Waals surface area (Å²) in [5, 5.41) is 2.74. The number of amides is 1. The van der Waals surface area contributed by atoms with Gasteiger partial charge in [-0.05, 0) is 24.5 Å². The third-order valence-corrected chi connectivity index (χ3v) is 3.28. The Morgan fingerprint density at radius 1 is 1.35 bits per heavy atom. The van der Waals surface area contributed by atoms with Crippen LogP contribution in [0.3, 0.4) is 0 Å². The second kappa shape index (κ2) is 4.24. The Labute approximate surface area is 99.8 Å². The van der Waals surface area contributed by atoms with E-state index in [4.69, 9.17) is 4.74 Å². The highest BCUT2D eigenvalue weighted by Gasteiger charge is 2.24. The molecule has 0 radical (unpaired) electrons. The minimum atomic E-state index is -0.349. The molecule has 0 spiro atoms. The second-order valence-corrected chi connectivity index (χ2v) is 4.44. The zero-order valence-corrected chi connectivity index (χ0v) is 9.56. The summed E-state index contributed by atoms with van der Waals surface area (Å²) < 4.78 is 4.86. The number of pyridine rings is 1. The van der Waals surface area contributed by atoms with E-state index in [9.17, 15) is 4.79 Å². The fourth-order valence-corrected chi connectivity index (χ4v) is 2.30. The molecule has 1 atom stereocenters. The van der Waals surface area contributed by atoms with E-state index in [2.05, 4.69) is 15.2 Å². The fraction of sp³-hybridized carbons (Fsp3) is 0.500. The minimum absolute atomic E-state index is 0.0531. The van der Waals surface area contributed by atoms with Crippen molar-refractivity contribution in [2.75, 3.05) is 24.6 Å². The van der Waals surface area contributed by atoms with Gasteiger partial charge in [-0.3, -0.25) is 0 Å². The lowest BCUT2D eigenvalue weighted by molar-refractivity contribution is 0.177. The maximum Gasteiger partial charge on any atom is 0.407 e. The van der Waals surface area contributed by atoms with E-state index < -0.39 is 0 Å². The number of anilines is 1. The maximum atomic E-state index is 10.9. The van der Waals surface area contributed by atoms with E-state index in [0.717, 1.165) is 24.5 Å². The summed E-state index contributed by atoms with van der Waals surface area (Å²) in [5.74, 6) is 1.02. The molecule has 1 unspecified atom stereocenters. The highest BCUT2D eigenvalue weighted by atomic mass is 16.6. The van der Waals surface area contributed by atoms with Gasteiger partial charge in [0, 0.05) is 19.3 Å². The smallest absolute Gasteiger partial charge is 0.407 e. The fourth-order valence-electron chi connectivity index (χ4n) is 2.30. The molecule has 1 aromatic rings. The van der Waals surface area contributed by atoms with Crippen molar-refractivity contribution in [2.24, 2.45) is 0 Å². The van der Waals surface area contributed by atoms with E-state index in [1.165, 1.54) is 12.8 Å². The molecular formula is C12H15N3O2. The largest absolute Gasteiger partial charge is 0.447 e. The van der Waals surface area contributed by atoms with Crippen molar-refractivity contribution in [3.8, 4) is 0 Å². The molecule has 17 heavy (non-hydrogen) atoms. The van der Waals surface area contributed by atoms with Crippen LogP contribution >= 0.6 is 0 Å². The number of carbonyl (C=O) groups excluding carboxylic acids is 1. The molecule has 2 aliphatic rings. The zero-order valence-electron chi connectivity index (χ0n) is 9.56. The lowest BCUT2D eigenvalue weighted by Crippen LogP contribution is -2.20. The molecule has 90 valence electrons. The summed E-state index contributed by atoms with van der Waals surface area (Å²) >= 11 is 0. The van der Waals surface area contributed by atoms with Crippen molar-refractivity contribution in [3.05, 3.63) is 23.9 Å². The van der Waals surface area contributed by atoms with E-state index in [-0.39, 0.29) is 12.1 Å². The molecule has 0 aromatic carbocycles. The molecule has 1 N–H and O–H groups in total. The maximum absolute atomic E-state index is 10.9. The molecule has 0 saturated carbocycles. The zero-order chi connectivity index (χ0) is 11.7. The number of hydrogen-bond donors (Lipinski definition) is 1. The summed E-state index contributed by atoms with van der Waals surface area (Å²) in [6, 6.07) is 3.98. The summed E-state index contributed by atoms with van der Waals surface area (Å²) in [6.45, 7) is 2.58. The van der Waals surface area contributed by atoms with Crippen LogP contribution in [0.1, 0.15) is 24.4 Å². The first-order valence-electron chi connectivity index (χ1n) is 5.97. The van der Waals surface area contributed by atoms with Crippen LogP contribution in [0.25, 0.3) is 0 Å². The Kier molecular flexibility index (Phi) is 2.59. The van der Waals surface area contributed by atoms with Gasteiger partial charge in [0.2, 0.25) is 0 Å². The number of alkyl carbamates (subject to hydrolysis) is 1. The molecule has 2 fully saturated rings. The topological polar surface area (TPSA) is 54.5 Å². The molecule has 3 heterocycles. The Bertz CT molecular complexity index is 412. The van der Waals surface area contributed by atoms with Gasteiger partial charge in [0.1, 0.15) is 12.4 Å². The summed E-state index contributed by atoms with van der Waals surface area (Å²) in [4.78, 5) is 17.7. The standard InChI is InChI=1S/C12H15N3O2/c16-12-14-10(8-17-12)9-3-4-11(13-7-9)15-5-1-2-6-15/h3-4,7,10H,1-2,5-6,8H2,(H,14,16). The van der Waals surface area contributed by atoms with Crippen molar-refractivity contribution < 1.29 is 9.53 Å². The number of hydrogen-bond acceptors (Lipinski definition) is 4. The summed E-state index contributed by atoms with van der Waals surface area (Å²) in [7, 11) is 0. The first kappa shape index (κ1) is 10.4. The predicted molar refractivity (Wildman–Crippen MR) is 62.9 cm³/mol. The average molecular weight is 233 g/mol. The average Bonchev–Trinajstić information content (AvgIpc) is 3.00. The van der Waals surface area contributed by atoms with Crippen LogP contribution in [0.4, 0.5) is 10.6 Å². The Hall–Kier alpha value is -1.78. The molecule has 3 rings (SSSR count). The van der Waals surface area contributed by atoms with Gasteiger partial charge in [-0.2, -0.15) is 0 Å². The normalized spacial score (nSPS) is 23.6. The van der Waals surface area contributed by atoms with Gasteiger partial charge in [0.05, 0.1) is 6.04 Å². The lowest BCUT2D eigenvalue weighted by atomic mass is 10.1. The lowest BCUT2D eigenvalue weighted by Gasteiger charge is -2.17. The van der Waals surface area contributed by atoms with Gasteiger partial charge < -0.3 is 15.0 Å². The number of cyclic esters (lactones) is 1. The van der Waals surface area contributed by atoms with Crippen LogP contribution in [-0.4, -0.2) is 30.8 Å². The van der Waals surface area contributed by atoms with E-state index >= 15 is 0 Å². The van der Waals surface area contributed by atoms with Gasteiger partial charge in [0.15, 0.2) is 0 Å². The van der Waals surface area contributed by atoms with Crippen LogP contribution in [0, 0.1) is 0 Å². The van der Waals surface area contributed by atoms with E-state index in [0.29, 0.717) is 6.61 Å².